The molecule has 1 aliphatic heterocycles. The van der Waals surface area contributed by atoms with Crippen LogP contribution in [0.4, 0.5) is 5.69 Å². The highest BCUT2D eigenvalue weighted by Gasteiger charge is 2.15. The molecular formula is C14H21ClN2O2. The van der Waals surface area contributed by atoms with E-state index < -0.39 is 0 Å². The Bertz CT molecular complexity index is 406. The lowest BCUT2D eigenvalue weighted by Crippen LogP contribution is -2.38. The first-order chi connectivity index (χ1) is 8.75. The van der Waals surface area contributed by atoms with Gasteiger partial charge in [0.25, 0.3) is 0 Å². The largest absolute Gasteiger partial charge is 0.399 e. The van der Waals surface area contributed by atoms with Gasteiger partial charge >= 0.3 is 0 Å². The number of hydrogen-bond donors (Lipinski definition) is 2. The second kappa shape index (κ2) is 8.02. The number of hydrogen-bond acceptors (Lipinski definition) is 3. The minimum Gasteiger partial charge on any atom is -0.399 e. The molecule has 4 nitrogen and oxygen atoms in total. The summed E-state index contributed by atoms with van der Waals surface area (Å²) < 4.78 is 5.26. The smallest absolute Gasteiger partial charge is 0.220 e. The Labute approximate surface area is 120 Å². The Morgan fingerprint density at radius 2 is 2.00 bits per heavy atom. The first-order valence-corrected chi connectivity index (χ1v) is 6.46. The molecule has 106 valence electrons. The number of aryl methyl sites for hydroxylation is 1. The molecule has 1 fully saturated rings. The van der Waals surface area contributed by atoms with Crippen LogP contribution < -0.4 is 11.1 Å². The molecule has 1 aromatic carbocycles. The van der Waals surface area contributed by atoms with E-state index in [0.29, 0.717) is 12.8 Å². The van der Waals surface area contributed by atoms with Crippen LogP contribution in [0.5, 0.6) is 0 Å². The third-order valence-corrected chi connectivity index (χ3v) is 3.26. The van der Waals surface area contributed by atoms with Gasteiger partial charge in [0.05, 0.1) is 0 Å². The summed E-state index contributed by atoms with van der Waals surface area (Å²) >= 11 is 0. The van der Waals surface area contributed by atoms with Crippen LogP contribution in [0.1, 0.15) is 24.8 Å². The molecule has 0 bridgehead atoms. The number of ether oxygens (including phenoxy) is 1. The summed E-state index contributed by atoms with van der Waals surface area (Å²) in [5.74, 6) is 0.102. The van der Waals surface area contributed by atoms with Crippen LogP contribution >= 0.6 is 12.4 Å². The molecular weight excluding hydrogens is 264 g/mol. The summed E-state index contributed by atoms with van der Waals surface area (Å²) in [5.41, 5.74) is 7.64. The molecule has 19 heavy (non-hydrogen) atoms. The van der Waals surface area contributed by atoms with Crippen molar-refractivity contribution in [1.29, 1.82) is 0 Å². The second-order valence-electron chi connectivity index (χ2n) is 4.65. The Morgan fingerprint density at radius 1 is 1.32 bits per heavy atom. The van der Waals surface area contributed by atoms with Crippen molar-refractivity contribution in [2.24, 2.45) is 0 Å². The van der Waals surface area contributed by atoms with E-state index >= 15 is 0 Å². The number of carbonyl (C=O) groups excluding carboxylic acids is 1. The molecule has 1 aromatic rings. The lowest BCUT2D eigenvalue weighted by molar-refractivity contribution is -0.122. The van der Waals surface area contributed by atoms with E-state index in [9.17, 15) is 4.79 Å². The fourth-order valence-corrected chi connectivity index (χ4v) is 2.15. The van der Waals surface area contributed by atoms with Gasteiger partial charge in [-0.1, -0.05) is 18.2 Å². The number of carbonyl (C=O) groups is 1. The Morgan fingerprint density at radius 3 is 2.68 bits per heavy atom. The standard InChI is InChI=1S/C14H20N2O2.ClH/c15-13-4-2-1-3-11(13)5-6-14(17)16-12-7-9-18-10-8-12;/h1-4,12H,5-10,15H2,(H,16,17);1H. The minimum absolute atomic E-state index is 0. The average Bonchev–Trinajstić information content (AvgIpc) is 2.39. The van der Waals surface area contributed by atoms with Gasteiger partial charge in [-0.25, -0.2) is 0 Å². The molecule has 1 saturated heterocycles. The van der Waals surface area contributed by atoms with Gasteiger partial charge in [-0.05, 0) is 30.9 Å². The highest BCUT2D eigenvalue weighted by Crippen LogP contribution is 2.13. The first-order valence-electron chi connectivity index (χ1n) is 6.46. The van der Waals surface area contributed by atoms with Crippen LogP contribution in [0.25, 0.3) is 0 Å². The van der Waals surface area contributed by atoms with Crippen LogP contribution in [0.2, 0.25) is 0 Å². The summed E-state index contributed by atoms with van der Waals surface area (Å²) in [5, 5.41) is 3.05. The van der Waals surface area contributed by atoms with Crippen molar-refractivity contribution < 1.29 is 9.53 Å². The molecule has 2 rings (SSSR count). The fraction of sp³-hybridized carbons (Fsp3) is 0.500. The molecule has 0 radical (unpaired) electrons. The second-order valence-corrected chi connectivity index (χ2v) is 4.65. The summed E-state index contributed by atoms with van der Waals surface area (Å²) in [6, 6.07) is 7.96. The van der Waals surface area contributed by atoms with Gasteiger partial charge in [0.2, 0.25) is 5.91 Å². The van der Waals surface area contributed by atoms with Crippen LogP contribution in [0, 0.1) is 0 Å². The Balaban J connectivity index is 0.00000180. The van der Waals surface area contributed by atoms with Crippen molar-refractivity contribution in [3.05, 3.63) is 29.8 Å². The quantitative estimate of drug-likeness (QED) is 0.830. The van der Waals surface area contributed by atoms with E-state index in [1.54, 1.807) is 0 Å². The van der Waals surface area contributed by atoms with E-state index in [1.807, 2.05) is 24.3 Å². The number of rotatable bonds is 4. The molecule has 0 aromatic heterocycles. The molecule has 0 unspecified atom stereocenters. The molecule has 5 heteroatoms. The van der Waals surface area contributed by atoms with Crippen LogP contribution in [-0.2, 0) is 16.0 Å². The van der Waals surface area contributed by atoms with E-state index in [-0.39, 0.29) is 24.4 Å². The normalized spacial score (nSPS) is 15.6. The maximum absolute atomic E-state index is 11.8. The van der Waals surface area contributed by atoms with Gasteiger partial charge in [-0.2, -0.15) is 0 Å². The molecule has 3 N–H and O–H groups in total. The fourth-order valence-electron chi connectivity index (χ4n) is 2.15. The SMILES string of the molecule is Cl.Nc1ccccc1CCC(=O)NC1CCOCC1. The molecule has 1 aliphatic rings. The van der Waals surface area contributed by atoms with Crippen molar-refractivity contribution in [2.45, 2.75) is 31.7 Å². The molecule has 0 atom stereocenters. The zero-order valence-electron chi connectivity index (χ0n) is 10.9. The molecule has 0 saturated carbocycles. The van der Waals surface area contributed by atoms with Crippen LogP contribution in [0.3, 0.4) is 0 Å². The van der Waals surface area contributed by atoms with Gasteiger partial charge in [-0.3, -0.25) is 4.79 Å². The van der Waals surface area contributed by atoms with Gasteiger partial charge in [0, 0.05) is 31.4 Å². The third kappa shape index (κ3) is 5.09. The monoisotopic (exact) mass is 284 g/mol. The van der Waals surface area contributed by atoms with E-state index in [0.717, 1.165) is 37.3 Å². The van der Waals surface area contributed by atoms with Gasteiger partial charge in [0.15, 0.2) is 0 Å². The number of nitrogen functional groups attached to an aromatic ring is 1. The zero-order valence-corrected chi connectivity index (χ0v) is 11.7. The summed E-state index contributed by atoms with van der Waals surface area (Å²) in [6.07, 6.45) is 3.02. The number of halogens is 1. The number of nitrogens with one attached hydrogen (secondary N) is 1. The number of benzene rings is 1. The van der Waals surface area contributed by atoms with Gasteiger partial charge in [0.1, 0.15) is 0 Å². The predicted octanol–water partition coefficient (Wildman–Crippen LogP) is 1.92. The molecule has 1 amide bonds. The summed E-state index contributed by atoms with van der Waals surface area (Å²) in [7, 11) is 0. The predicted molar refractivity (Wildman–Crippen MR) is 78.4 cm³/mol. The van der Waals surface area contributed by atoms with E-state index in [1.165, 1.54) is 0 Å². The minimum atomic E-state index is 0. The van der Waals surface area contributed by atoms with Crippen molar-refractivity contribution in [3.63, 3.8) is 0 Å². The van der Waals surface area contributed by atoms with Crippen molar-refractivity contribution in [1.82, 2.24) is 5.32 Å². The van der Waals surface area contributed by atoms with Gasteiger partial charge < -0.3 is 15.8 Å². The third-order valence-electron chi connectivity index (χ3n) is 3.26. The Hall–Kier alpha value is -1.26. The first kappa shape index (κ1) is 15.8. The lowest BCUT2D eigenvalue weighted by Gasteiger charge is -2.23. The topological polar surface area (TPSA) is 64.4 Å². The number of anilines is 1. The van der Waals surface area contributed by atoms with Crippen LogP contribution in [-0.4, -0.2) is 25.2 Å². The van der Waals surface area contributed by atoms with Gasteiger partial charge in [-0.15, -0.1) is 12.4 Å². The van der Waals surface area contributed by atoms with Crippen molar-refractivity contribution in [2.75, 3.05) is 18.9 Å². The van der Waals surface area contributed by atoms with E-state index in [4.69, 9.17) is 10.5 Å². The van der Waals surface area contributed by atoms with Crippen LogP contribution in [0.15, 0.2) is 24.3 Å². The summed E-state index contributed by atoms with van der Waals surface area (Å²) in [6.45, 7) is 1.49. The number of amides is 1. The maximum atomic E-state index is 11.8. The number of para-hydroxylation sites is 1. The number of nitrogens with two attached hydrogens (primary N) is 1. The molecule has 0 spiro atoms. The summed E-state index contributed by atoms with van der Waals surface area (Å²) in [4.78, 5) is 11.8. The van der Waals surface area contributed by atoms with Crippen molar-refractivity contribution in [3.8, 4) is 0 Å². The Kier molecular flexibility index (Phi) is 6.67. The molecule has 0 aliphatic carbocycles. The average molecular weight is 285 g/mol. The maximum Gasteiger partial charge on any atom is 0.220 e. The highest BCUT2D eigenvalue weighted by atomic mass is 35.5. The zero-order chi connectivity index (χ0) is 12.8. The highest BCUT2D eigenvalue weighted by molar-refractivity contribution is 5.85. The van der Waals surface area contributed by atoms with Crippen molar-refractivity contribution >= 4 is 24.0 Å². The lowest BCUT2D eigenvalue weighted by atomic mass is 10.1. The molecule has 1 heterocycles. The van der Waals surface area contributed by atoms with E-state index in [2.05, 4.69) is 5.32 Å².